The number of fused-ring (bicyclic) bond motifs is 3. The molecular formula is C14H11NO3. The van der Waals surface area contributed by atoms with E-state index in [9.17, 15) is 4.79 Å². The van der Waals surface area contributed by atoms with Crippen molar-refractivity contribution in [3.8, 4) is 5.75 Å². The highest BCUT2D eigenvalue weighted by Crippen LogP contribution is 2.32. The van der Waals surface area contributed by atoms with E-state index in [0.29, 0.717) is 5.75 Å². The van der Waals surface area contributed by atoms with Crippen molar-refractivity contribution in [2.45, 2.75) is 0 Å². The minimum absolute atomic E-state index is 0.333. The van der Waals surface area contributed by atoms with Crippen molar-refractivity contribution >= 4 is 27.6 Å². The Balaban J connectivity index is 2.23. The number of carbonyl (C=O) groups is 1. The number of ether oxygens (including phenoxy) is 1. The van der Waals surface area contributed by atoms with Crippen LogP contribution in [0.3, 0.4) is 0 Å². The highest BCUT2D eigenvalue weighted by molar-refractivity contribution is 6.08. The Morgan fingerprint density at radius 1 is 1.22 bits per heavy atom. The van der Waals surface area contributed by atoms with Gasteiger partial charge in [0.15, 0.2) is 6.61 Å². The van der Waals surface area contributed by atoms with E-state index >= 15 is 0 Å². The summed E-state index contributed by atoms with van der Waals surface area (Å²) in [5.74, 6) is -0.381. The molecule has 3 aromatic rings. The van der Waals surface area contributed by atoms with Gasteiger partial charge in [-0.05, 0) is 12.1 Å². The van der Waals surface area contributed by atoms with E-state index < -0.39 is 5.97 Å². The van der Waals surface area contributed by atoms with Gasteiger partial charge < -0.3 is 14.8 Å². The quantitative estimate of drug-likeness (QED) is 0.741. The number of hydrogen-bond acceptors (Lipinski definition) is 2. The molecule has 2 N–H and O–H groups in total. The summed E-state index contributed by atoms with van der Waals surface area (Å²) >= 11 is 0. The van der Waals surface area contributed by atoms with Gasteiger partial charge >= 0.3 is 5.97 Å². The van der Waals surface area contributed by atoms with Crippen molar-refractivity contribution in [2.75, 3.05) is 6.61 Å². The van der Waals surface area contributed by atoms with Crippen LogP contribution in [0.25, 0.3) is 21.7 Å². The lowest BCUT2D eigenvalue weighted by Crippen LogP contribution is -2.09. The summed E-state index contributed by atoms with van der Waals surface area (Å²) in [6.07, 6.45) is 1.86. The molecule has 0 atom stereocenters. The monoisotopic (exact) mass is 241 g/mol. The first-order chi connectivity index (χ1) is 8.75. The fourth-order valence-corrected chi connectivity index (χ4v) is 2.13. The average Bonchev–Trinajstić information content (AvgIpc) is 2.84. The van der Waals surface area contributed by atoms with E-state index in [1.54, 1.807) is 0 Å². The Morgan fingerprint density at radius 2 is 2.00 bits per heavy atom. The van der Waals surface area contributed by atoms with Crippen molar-refractivity contribution in [1.29, 1.82) is 0 Å². The molecule has 4 nitrogen and oxygen atoms in total. The first kappa shape index (κ1) is 10.7. The summed E-state index contributed by atoms with van der Waals surface area (Å²) in [6.45, 7) is -0.333. The molecule has 0 bridgehead atoms. The third kappa shape index (κ3) is 1.68. The van der Waals surface area contributed by atoms with Crippen LogP contribution in [0.1, 0.15) is 0 Å². The normalized spacial score (nSPS) is 10.9. The number of H-pyrrole nitrogens is 1. The predicted octanol–water partition coefficient (Wildman–Crippen LogP) is 2.78. The number of rotatable bonds is 3. The summed E-state index contributed by atoms with van der Waals surface area (Å²) < 4.78 is 5.34. The summed E-state index contributed by atoms with van der Waals surface area (Å²) in [7, 11) is 0. The molecule has 3 rings (SSSR count). The van der Waals surface area contributed by atoms with Crippen LogP contribution in [-0.4, -0.2) is 22.7 Å². The van der Waals surface area contributed by atoms with Gasteiger partial charge in [0.2, 0.25) is 0 Å². The lowest BCUT2D eigenvalue weighted by molar-refractivity contribution is -0.139. The van der Waals surface area contributed by atoms with E-state index in [0.717, 1.165) is 21.7 Å². The van der Waals surface area contributed by atoms with E-state index in [2.05, 4.69) is 4.98 Å². The predicted molar refractivity (Wildman–Crippen MR) is 68.9 cm³/mol. The number of aliphatic carboxylic acids is 1. The van der Waals surface area contributed by atoms with Crippen molar-refractivity contribution in [3.63, 3.8) is 0 Å². The summed E-state index contributed by atoms with van der Waals surface area (Å²) in [5.41, 5.74) is 1.04. The molecule has 0 aliphatic carbocycles. The van der Waals surface area contributed by atoms with E-state index in [4.69, 9.17) is 9.84 Å². The second kappa shape index (κ2) is 4.07. The largest absolute Gasteiger partial charge is 0.481 e. The molecular weight excluding hydrogens is 230 g/mol. The highest BCUT2D eigenvalue weighted by Gasteiger charge is 2.09. The van der Waals surface area contributed by atoms with Gasteiger partial charge in [0.05, 0.1) is 5.52 Å². The Labute approximate surface area is 103 Å². The lowest BCUT2D eigenvalue weighted by atomic mass is 10.1. The first-order valence-corrected chi connectivity index (χ1v) is 5.59. The van der Waals surface area contributed by atoms with Crippen LogP contribution in [0.5, 0.6) is 5.75 Å². The zero-order chi connectivity index (χ0) is 12.5. The molecule has 18 heavy (non-hydrogen) atoms. The molecule has 2 aromatic carbocycles. The number of carboxylic acid groups (broad SMARTS) is 1. The number of carboxylic acids is 1. The van der Waals surface area contributed by atoms with Gasteiger partial charge in [0.1, 0.15) is 5.75 Å². The van der Waals surface area contributed by atoms with Gasteiger partial charge in [0, 0.05) is 22.4 Å². The smallest absolute Gasteiger partial charge is 0.341 e. The van der Waals surface area contributed by atoms with E-state index in [1.807, 2.05) is 42.6 Å². The third-order valence-corrected chi connectivity index (χ3v) is 2.88. The number of hydrogen-bond donors (Lipinski definition) is 2. The summed E-state index contributed by atoms with van der Waals surface area (Å²) in [4.78, 5) is 13.8. The maximum Gasteiger partial charge on any atom is 0.341 e. The molecule has 0 unspecified atom stereocenters. The van der Waals surface area contributed by atoms with Crippen LogP contribution >= 0.6 is 0 Å². The lowest BCUT2D eigenvalue weighted by Gasteiger charge is -2.08. The molecule has 0 aliphatic heterocycles. The van der Waals surface area contributed by atoms with Crippen LogP contribution in [0, 0.1) is 0 Å². The standard InChI is InChI=1S/C14H11NO3/c16-13(17)8-18-12-7-9-5-6-15-14(9)11-4-2-1-3-10(11)12/h1-7,15H,8H2,(H,16,17). The number of aromatic nitrogens is 1. The molecule has 1 aromatic heterocycles. The van der Waals surface area contributed by atoms with E-state index in [1.165, 1.54) is 0 Å². The average molecular weight is 241 g/mol. The molecule has 1 heterocycles. The van der Waals surface area contributed by atoms with Crippen molar-refractivity contribution in [1.82, 2.24) is 4.98 Å². The Bertz CT molecular complexity index is 730. The van der Waals surface area contributed by atoms with Crippen molar-refractivity contribution < 1.29 is 14.6 Å². The molecule has 0 spiro atoms. The number of nitrogens with one attached hydrogen (secondary N) is 1. The molecule has 0 fully saturated rings. The van der Waals surface area contributed by atoms with Gasteiger partial charge in [0.25, 0.3) is 0 Å². The molecule has 0 radical (unpaired) electrons. The second-order valence-corrected chi connectivity index (χ2v) is 4.04. The number of benzene rings is 2. The van der Waals surface area contributed by atoms with Crippen LogP contribution in [0.2, 0.25) is 0 Å². The summed E-state index contributed by atoms with van der Waals surface area (Å²) in [6, 6.07) is 11.6. The molecule has 0 amide bonds. The van der Waals surface area contributed by atoms with Gasteiger partial charge in [-0.15, -0.1) is 0 Å². The maximum absolute atomic E-state index is 10.6. The van der Waals surface area contributed by atoms with Crippen molar-refractivity contribution in [3.05, 3.63) is 42.6 Å². The molecule has 0 aliphatic rings. The highest BCUT2D eigenvalue weighted by atomic mass is 16.5. The fourth-order valence-electron chi connectivity index (χ4n) is 2.13. The van der Waals surface area contributed by atoms with Crippen LogP contribution in [0.4, 0.5) is 0 Å². The Morgan fingerprint density at radius 3 is 2.78 bits per heavy atom. The Hall–Kier alpha value is -2.49. The van der Waals surface area contributed by atoms with Crippen LogP contribution in [0.15, 0.2) is 42.6 Å². The first-order valence-electron chi connectivity index (χ1n) is 5.59. The van der Waals surface area contributed by atoms with Crippen LogP contribution < -0.4 is 4.74 Å². The molecule has 0 saturated heterocycles. The SMILES string of the molecule is O=C(O)COc1cc2cc[nH]c2c2ccccc12. The molecule has 90 valence electrons. The van der Waals surface area contributed by atoms with Gasteiger partial charge in [-0.25, -0.2) is 4.79 Å². The second-order valence-electron chi connectivity index (χ2n) is 4.04. The zero-order valence-corrected chi connectivity index (χ0v) is 9.51. The topological polar surface area (TPSA) is 62.3 Å². The fraction of sp³-hybridized carbons (Fsp3) is 0.0714. The summed E-state index contributed by atoms with van der Waals surface area (Å²) in [5, 5.41) is 11.6. The maximum atomic E-state index is 10.6. The third-order valence-electron chi connectivity index (χ3n) is 2.88. The van der Waals surface area contributed by atoms with Crippen LogP contribution in [-0.2, 0) is 4.79 Å². The zero-order valence-electron chi connectivity index (χ0n) is 9.51. The van der Waals surface area contributed by atoms with Gasteiger partial charge in [-0.3, -0.25) is 0 Å². The molecule has 0 saturated carbocycles. The Kier molecular flexibility index (Phi) is 2.41. The number of aromatic amines is 1. The van der Waals surface area contributed by atoms with Gasteiger partial charge in [-0.1, -0.05) is 24.3 Å². The van der Waals surface area contributed by atoms with Crippen molar-refractivity contribution in [2.24, 2.45) is 0 Å². The van der Waals surface area contributed by atoms with Gasteiger partial charge in [-0.2, -0.15) is 0 Å². The molecule has 4 heteroatoms. The minimum Gasteiger partial charge on any atom is -0.481 e. The van der Waals surface area contributed by atoms with E-state index in [-0.39, 0.29) is 6.61 Å². The minimum atomic E-state index is -0.978.